The minimum atomic E-state index is -3.26. The van der Waals surface area contributed by atoms with Crippen LogP contribution in [0.1, 0.15) is 33.6 Å². The Balaban J connectivity index is 4.01. The predicted octanol–water partition coefficient (Wildman–Crippen LogP) is 0.148. The Labute approximate surface area is 116 Å². The normalized spacial score (nSPS) is 14.5. The highest BCUT2D eigenvalue weighted by molar-refractivity contribution is 7.89. The van der Waals surface area contributed by atoms with Gasteiger partial charge in [0, 0.05) is 33.1 Å². The van der Waals surface area contributed by atoms with E-state index in [4.69, 9.17) is 5.73 Å². The minimum absolute atomic E-state index is 0.0773. The molecule has 3 N–H and O–H groups in total. The number of rotatable bonds is 7. The molecule has 114 valence electrons. The number of carbonyl (C=O) groups is 1. The van der Waals surface area contributed by atoms with Gasteiger partial charge in [0.15, 0.2) is 0 Å². The summed E-state index contributed by atoms with van der Waals surface area (Å²) in [6.07, 6.45) is 0.968. The van der Waals surface area contributed by atoms with Crippen molar-refractivity contribution in [3.8, 4) is 0 Å². The van der Waals surface area contributed by atoms with Crippen molar-refractivity contribution in [3.63, 3.8) is 0 Å². The average Bonchev–Trinajstić information content (AvgIpc) is 2.12. The molecule has 0 saturated carbocycles. The van der Waals surface area contributed by atoms with E-state index in [-0.39, 0.29) is 36.1 Å². The molecule has 6 nitrogen and oxygen atoms in total. The molecule has 0 aromatic carbocycles. The summed E-state index contributed by atoms with van der Waals surface area (Å²) in [6.45, 7) is 6.30. The van der Waals surface area contributed by atoms with Crippen LogP contribution in [-0.4, -0.2) is 51.1 Å². The van der Waals surface area contributed by atoms with Crippen LogP contribution in [0.3, 0.4) is 0 Å². The highest BCUT2D eigenvalue weighted by Gasteiger charge is 2.18. The van der Waals surface area contributed by atoms with Gasteiger partial charge in [-0.15, -0.1) is 0 Å². The molecule has 0 aromatic rings. The Morgan fingerprint density at radius 1 is 1.32 bits per heavy atom. The number of sulfonamides is 1. The van der Waals surface area contributed by atoms with E-state index in [0.717, 1.165) is 10.7 Å². The van der Waals surface area contributed by atoms with Gasteiger partial charge in [0.1, 0.15) is 0 Å². The molecule has 0 spiro atoms. The van der Waals surface area contributed by atoms with Crippen molar-refractivity contribution < 1.29 is 13.2 Å². The van der Waals surface area contributed by atoms with E-state index in [1.165, 1.54) is 14.1 Å². The second-order valence-electron chi connectivity index (χ2n) is 6.18. The largest absolute Gasteiger partial charge is 0.355 e. The fourth-order valence-corrected chi connectivity index (χ4v) is 2.40. The van der Waals surface area contributed by atoms with Crippen molar-refractivity contribution in [3.05, 3.63) is 0 Å². The van der Waals surface area contributed by atoms with Gasteiger partial charge in [0.25, 0.3) is 0 Å². The maximum atomic E-state index is 11.6. The van der Waals surface area contributed by atoms with Gasteiger partial charge in [-0.25, -0.2) is 12.7 Å². The lowest BCUT2D eigenvalue weighted by Gasteiger charge is -2.22. The van der Waals surface area contributed by atoms with E-state index in [9.17, 15) is 13.2 Å². The van der Waals surface area contributed by atoms with E-state index < -0.39 is 10.0 Å². The van der Waals surface area contributed by atoms with Crippen LogP contribution in [0.25, 0.3) is 0 Å². The molecule has 19 heavy (non-hydrogen) atoms. The van der Waals surface area contributed by atoms with Crippen molar-refractivity contribution >= 4 is 15.9 Å². The van der Waals surface area contributed by atoms with E-state index >= 15 is 0 Å². The summed E-state index contributed by atoms with van der Waals surface area (Å²) in [5.41, 5.74) is 5.96. The monoisotopic (exact) mass is 293 g/mol. The van der Waals surface area contributed by atoms with Crippen LogP contribution in [0.5, 0.6) is 0 Å². The number of nitrogens with zero attached hydrogens (tertiary/aromatic N) is 1. The Morgan fingerprint density at radius 3 is 2.26 bits per heavy atom. The first-order valence-corrected chi connectivity index (χ1v) is 7.97. The molecular formula is C12H27N3O3S. The summed E-state index contributed by atoms with van der Waals surface area (Å²) in [6, 6.07) is -0.203. The number of amides is 1. The maximum Gasteiger partial charge on any atom is 0.221 e. The molecule has 0 heterocycles. The van der Waals surface area contributed by atoms with E-state index in [2.05, 4.69) is 26.1 Å². The first-order valence-electron chi connectivity index (χ1n) is 6.36. The van der Waals surface area contributed by atoms with Crippen LogP contribution in [-0.2, 0) is 14.8 Å². The van der Waals surface area contributed by atoms with Crippen molar-refractivity contribution in [2.45, 2.75) is 39.7 Å². The highest BCUT2D eigenvalue weighted by Crippen LogP contribution is 2.20. The molecule has 1 atom stereocenters. The molecule has 0 aliphatic heterocycles. The summed E-state index contributed by atoms with van der Waals surface area (Å²) in [5.74, 6) is -0.300. The molecule has 0 saturated heterocycles. The van der Waals surface area contributed by atoms with Crippen molar-refractivity contribution in [1.82, 2.24) is 9.62 Å². The summed E-state index contributed by atoms with van der Waals surface area (Å²) in [4.78, 5) is 11.6. The van der Waals surface area contributed by atoms with Crippen molar-refractivity contribution in [1.29, 1.82) is 0 Å². The van der Waals surface area contributed by atoms with Crippen molar-refractivity contribution in [2.24, 2.45) is 11.1 Å². The zero-order valence-electron chi connectivity index (χ0n) is 12.6. The molecule has 1 amide bonds. The van der Waals surface area contributed by atoms with E-state index in [0.29, 0.717) is 0 Å². The molecule has 0 fully saturated rings. The Kier molecular flexibility index (Phi) is 6.96. The molecule has 0 radical (unpaired) electrons. The Morgan fingerprint density at radius 2 is 1.84 bits per heavy atom. The quantitative estimate of drug-likeness (QED) is 0.699. The fourth-order valence-electron chi connectivity index (χ4n) is 1.67. The number of hydrogen-bond donors (Lipinski definition) is 2. The zero-order valence-corrected chi connectivity index (χ0v) is 13.4. The van der Waals surface area contributed by atoms with Gasteiger partial charge in [-0.3, -0.25) is 4.79 Å². The lowest BCUT2D eigenvalue weighted by Crippen LogP contribution is -2.37. The predicted molar refractivity (Wildman–Crippen MR) is 77.1 cm³/mol. The summed E-state index contributed by atoms with van der Waals surface area (Å²) in [5, 5.41) is 2.59. The summed E-state index contributed by atoms with van der Waals surface area (Å²) < 4.78 is 24.1. The van der Waals surface area contributed by atoms with Gasteiger partial charge in [-0.05, 0) is 11.8 Å². The van der Waals surface area contributed by atoms with Crippen LogP contribution in [0.4, 0.5) is 0 Å². The van der Waals surface area contributed by atoms with Gasteiger partial charge >= 0.3 is 0 Å². The molecule has 0 aliphatic rings. The second-order valence-corrected chi connectivity index (χ2v) is 8.48. The van der Waals surface area contributed by atoms with Crippen LogP contribution in [0.15, 0.2) is 0 Å². The highest BCUT2D eigenvalue weighted by atomic mass is 32.2. The molecular weight excluding hydrogens is 266 g/mol. The third-order valence-electron chi connectivity index (χ3n) is 2.56. The SMILES string of the molecule is CN(C)S(=O)(=O)CCNC(=O)CC(N)CC(C)(C)C. The molecule has 0 rings (SSSR count). The van der Waals surface area contributed by atoms with Gasteiger partial charge in [-0.2, -0.15) is 0 Å². The lowest BCUT2D eigenvalue weighted by molar-refractivity contribution is -0.121. The maximum absolute atomic E-state index is 11.6. The Hall–Kier alpha value is -0.660. The van der Waals surface area contributed by atoms with Gasteiger partial charge in [0.05, 0.1) is 5.75 Å². The molecule has 7 heteroatoms. The summed E-state index contributed by atoms with van der Waals surface area (Å²) >= 11 is 0. The molecule has 0 aliphatic carbocycles. The zero-order chi connectivity index (χ0) is 15.3. The van der Waals surface area contributed by atoms with Crippen LogP contribution in [0.2, 0.25) is 0 Å². The van der Waals surface area contributed by atoms with Crippen LogP contribution < -0.4 is 11.1 Å². The van der Waals surface area contributed by atoms with E-state index in [1.807, 2.05) is 0 Å². The number of nitrogens with one attached hydrogen (secondary N) is 1. The first-order chi connectivity index (χ1) is 8.44. The number of nitrogens with two attached hydrogens (primary N) is 1. The second kappa shape index (κ2) is 7.21. The standard InChI is InChI=1S/C12H27N3O3S/c1-12(2,3)9-10(13)8-11(16)14-6-7-19(17,18)15(4)5/h10H,6-9,13H2,1-5H3,(H,14,16). The summed E-state index contributed by atoms with van der Waals surface area (Å²) in [7, 11) is -0.326. The van der Waals surface area contributed by atoms with Gasteiger partial charge in [0.2, 0.25) is 15.9 Å². The number of hydrogen-bond acceptors (Lipinski definition) is 4. The topological polar surface area (TPSA) is 92.5 Å². The molecule has 0 aromatic heterocycles. The third-order valence-corrected chi connectivity index (χ3v) is 4.39. The van der Waals surface area contributed by atoms with E-state index in [1.54, 1.807) is 0 Å². The smallest absolute Gasteiger partial charge is 0.221 e. The Bertz CT molecular complexity index is 386. The lowest BCUT2D eigenvalue weighted by atomic mass is 9.87. The van der Waals surface area contributed by atoms with Gasteiger partial charge < -0.3 is 11.1 Å². The first kappa shape index (κ1) is 18.3. The minimum Gasteiger partial charge on any atom is -0.355 e. The van der Waals surface area contributed by atoms with Crippen LogP contribution in [0, 0.1) is 5.41 Å². The number of carbonyl (C=O) groups excluding carboxylic acids is 1. The van der Waals surface area contributed by atoms with Crippen LogP contribution >= 0.6 is 0 Å². The van der Waals surface area contributed by atoms with Gasteiger partial charge in [-0.1, -0.05) is 20.8 Å². The van der Waals surface area contributed by atoms with Crippen molar-refractivity contribution in [2.75, 3.05) is 26.4 Å². The molecule has 0 bridgehead atoms. The molecule has 1 unspecified atom stereocenters. The third kappa shape index (κ3) is 8.96. The fraction of sp³-hybridized carbons (Fsp3) is 0.917. The average molecular weight is 293 g/mol.